The fourth-order valence-corrected chi connectivity index (χ4v) is 1.19. The summed E-state index contributed by atoms with van der Waals surface area (Å²) in [7, 11) is 0. The molecular formula is C10H18N+. The zero-order chi connectivity index (χ0) is 8.48. The second-order valence-corrected chi connectivity index (χ2v) is 4.11. The highest BCUT2D eigenvalue weighted by Crippen LogP contribution is 2.27. The Balaban J connectivity index is 2.73. The van der Waals surface area contributed by atoms with Crippen molar-refractivity contribution in [2.75, 3.05) is 0 Å². The van der Waals surface area contributed by atoms with Crippen LogP contribution in [0.3, 0.4) is 0 Å². The Bertz CT molecular complexity index is 197. The average molecular weight is 152 g/mol. The summed E-state index contributed by atoms with van der Waals surface area (Å²) in [5.74, 6) is 0.699. The third-order valence-electron chi connectivity index (χ3n) is 2.92. The maximum atomic E-state index is 3.31. The first-order valence-electron chi connectivity index (χ1n) is 4.33. The van der Waals surface area contributed by atoms with Crippen LogP contribution in [0.2, 0.25) is 0 Å². The van der Waals surface area contributed by atoms with Gasteiger partial charge in [-0.25, -0.2) is 4.99 Å². The van der Waals surface area contributed by atoms with E-state index in [2.05, 4.69) is 38.8 Å². The Morgan fingerprint density at radius 3 is 2.45 bits per heavy atom. The highest BCUT2D eigenvalue weighted by atomic mass is 14.7. The molecule has 0 saturated heterocycles. The molecule has 0 aromatic rings. The van der Waals surface area contributed by atoms with Crippen molar-refractivity contribution < 1.29 is 4.99 Å². The second kappa shape index (κ2) is 2.80. The monoisotopic (exact) mass is 152 g/mol. The molecule has 0 aromatic heterocycles. The molecule has 0 unspecified atom stereocenters. The van der Waals surface area contributed by atoms with E-state index in [-0.39, 0.29) is 0 Å². The van der Waals surface area contributed by atoms with Crippen molar-refractivity contribution in [1.82, 2.24) is 0 Å². The highest BCUT2D eigenvalue weighted by molar-refractivity contribution is 5.86. The van der Waals surface area contributed by atoms with Crippen molar-refractivity contribution in [2.45, 2.75) is 34.1 Å². The SMILES string of the molecule is CC(C)C(C)(C)C1=[NH+]C=CC1. The predicted molar refractivity (Wildman–Crippen MR) is 48.3 cm³/mol. The van der Waals surface area contributed by atoms with Crippen LogP contribution in [0.5, 0.6) is 0 Å². The minimum absolute atomic E-state index is 0.323. The van der Waals surface area contributed by atoms with Crippen molar-refractivity contribution in [1.29, 1.82) is 0 Å². The van der Waals surface area contributed by atoms with Crippen LogP contribution in [0, 0.1) is 11.3 Å². The molecule has 0 atom stereocenters. The Morgan fingerprint density at radius 1 is 1.45 bits per heavy atom. The molecular weight excluding hydrogens is 134 g/mol. The largest absolute Gasteiger partial charge is 0.218 e. The van der Waals surface area contributed by atoms with Crippen molar-refractivity contribution >= 4 is 5.71 Å². The fraction of sp³-hybridized carbons (Fsp3) is 0.700. The van der Waals surface area contributed by atoms with E-state index in [1.807, 2.05) is 6.20 Å². The molecule has 62 valence electrons. The topological polar surface area (TPSA) is 14.0 Å². The molecule has 1 nitrogen and oxygen atoms in total. The molecule has 0 aromatic carbocycles. The molecule has 1 aliphatic heterocycles. The van der Waals surface area contributed by atoms with E-state index in [9.17, 15) is 0 Å². The third-order valence-corrected chi connectivity index (χ3v) is 2.92. The molecule has 1 heterocycles. The van der Waals surface area contributed by atoms with Gasteiger partial charge >= 0.3 is 0 Å². The lowest BCUT2D eigenvalue weighted by Gasteiger charge is -2.25. The molecule has 1 aliphatic rings. The summed E-state index contributed by atoms with van der Waals surface area (Å²) in [4.78, 5) is 3.31. The van der Waals surface area contributed by atoms with Crippen LogP contribution >= 0.6 is 0 Å². The number of rotatable bonds is 2. The molecule has 1 N–H and O–H groups in total. The van der Waals surface area contributed by atoms with Gasteiger partial charge in [0, 0.05) is 5.41 Å². The Labute approximate surface area is 69.2 Å². The van der Waals surface area contributed by atoms with Crippen LogP contribution in [0.4, 0.5) is 0 Å². The van der Waals surface area contributed by atoms with Crippen molar-refractivity contribution in [2.24, 2.45) is 11.3 Å². The number of nitrogens with one attached hydrogen (secondary N) is 1. The van der Waals surface area contributed by atoms with Gasteiger partial charge in [0.15, 0.2) is 11.9 Å². The zero-order valence-electron chi connectivity index (χ0n) is 7.94. The van der Waals surface area contributed by atoms with Crippen LogP contribution in [0.1, 0.15) is 34.1 Å². The fourth-order valence-electron chi connectivity index (χ4n) is 1.19. The summed E-state index contributed by atoms with van der Waals surface area (Å²) in [6, 6.07) is 0. The molecule has 0 radical (unpaired) electrons. The first-order chi connectivity index (χ1) is 5.05. The van der Waals surface area contributed by atoms with Gasteiger partial charge in [0.1, 0.15) is 0 Å². The van der Waals surface area contributed by atoms with Crippen LogP contribution in [-0.2, 0) is 0 Å². The molecule has 1 heteroatoms. The summed E-state index contributed by atoms with van der Waals surface area (Å²) in [5, 5.41) is 0. The molecule has 1 rings (SSSR count). The van der Waals surface area contributed by atoms with Gasteiger partial charge in [-0.1, -0.05) is 27.7 Å². The quantitative estimate of drug-likeness (QED) is 0.609. The van der Waals surface area contributed by atoms with Gasteiger partial charge in [-0.3, -0.25) is 0 Å². The summed E-state index contributed by atoms with van der Waals surface area (Å²) in [5.41, 5.74) is 1.77. The molecule has 11 heavy (non-hydrogen) atoms. The molecule has 0 amide bonds. The molecule has 0 saturated carbocycles. The Kier molecular flexibility index (Phi) is 2.17. The lowest BCUT2D eigenvalue weighted by molar-refractivity contribution is -0.375. The normalized spacial score (nSPS) is 17.7. The van der Waals surface area contributed by atoms with Crippen molar-refractivity contribution in [3.8, 4) is 0 Å². The van der Waals surface area contributed by atoms with E-state index in [0.717, 1.165) is 6.42 Å². The van der Waals surface area contributed by atoms with E-state index in [1.165, 1.54) is 5.71 Å². The van der Waals surface area contributed by atoms with Gasteiger partial charge in [-0.05, 0) is 12.0 Å². The van der Waals surface area contributed by atoms with Gasteiger partial charge in [0.05, 0.1) is 6.42 Å². The molecule has 0 aliphatic carbocycles. The van der Waals surface area contributed by atoms with Crippen molar-refractivity contribution in [3.63, 3.8) is 0 Å². The molecule has 0 fully saturated rings. The number of hydrogen-bond donors (Lipinski definition) is 1. The van der Waals surface area contributed by atoms with Crippen molar-refractivity contribution in [3.05, 3.63) is 12.3 Å². The van der Waals surface area contributed by atoms with Gasteiger partial charge in [-0.15, -0.1) is 0 Å². The van der Waals surface area contributed by atoms with E-state index < -0.39 is 0 Å². The van der Waals surface area contributed by atoms with Gasteiger partial charge in [0.25, 0.3) is 0 Å². The first kappa shape index (κ1) is 8.51. The van der Waals surface area contributed by atoms with Gasteiger partial charge < -0.3 is 0 Å². The minimum Gasteiger partial charge on any atom is -0.218 e. The third kappa shape index (κ3) is 1.52. The van der Waals surface area contributed by atoms with Crippen LogP contribution in [-0.4, -0.2) is 5.71 Å². The molecule has 0 spiro atoms. The van der Waals surface area contributed by atoms with E-state index in [4.69, 9.17) is 0 Å². The zero-order valence-corrected chi connectivity index (χ0v) is 7.94. The summed E-state index contributed by atoms with van der Waals surface area (Å²) in [6.07, 6.45) is 5.32. The predicted octanol–water partition coefficient (Wildman–Crippen LogP) is 1.11. The summed E-state index contributed by atoms with van der Waals surface area (Å²) < 4.78 is 0. The summed E-state index contributed by atoms with van der Waals surface area (Å²) in [6.45, 7) is 9.14. The Hall–Kier alpha value is -0.590. The highest BCUT2D eigenvalue weighted by Gasteiger charge is 2.33. The molecule has 0 bridgehead atoms. The average Bonchev–Trinajstić information content (AvgIpc) is 2.37. The second-order valence-electron chi connectivity index (χ2n) is 4.11. The van der Waals surface area contributed by atoms with Crippen LogP contribution < -0.4 is 4.99 Å². The van der Waals surface area contributed by atoms with E-state index >= 15 is 0 Å². The maximum Gasteiger partial charge on any atom is 0.165 e. The smallest absolute Gasteiger partial charge is 0.165 e. The Morgan fingerprint density at radius 2 is 2.09 bits per heavy atom. The number of allylic oxidation sites excluding steroid dienone is 1. The maximum absolute atomic E-state index is 3.31. The van der Waals surface area contributed by atoms with Gasteiger partial charge in [-0.2, -0.15) is 0 Å². The lowest BCUT2D eigenvalue weighted by atomic mass is 9.76. The minimum atomic E-state index is 0.323. The number of hydrogen-bond acceptors (Lipinski definition) is 0. The standard InChI is InChI=1S/C10H17N/c1-8(2)10(3,4)9-6-5-7-11-9/h5,7-8H,6H2,1-4H3/p+1. The summed E-state index contributed by atoms with van der Waals surface area (Å²) >= 11 is 0. The van der Waals surface area contributed by atoms with E-state index in [1.54, 1.807) is 0 Å². The van der Waals surface area contributed by atoms with E-state index in [0.29, 0.717) is 11.3 Å². The first-order valence-corrected chi connectivity index (χ1v) is 4.33. The lowest BCUT2D eigenvalue weighted by Crippen LogP contribution is -2.67. The van der Waals surface area contributed by atoms with Crippen LogP contribution in [0.25, 0.3) is 0 Å². The van der Waals surface area contributed by atoms with Crippen LogP contribution in [0.15, 0.2) is 12.3 Å². The van der Waals surface area contributed by atoms with Gasteiger partial charge in [0.2, 0.25) is 0 Å².